The van der Waals surface area contributed by atoms with Crippen LogP contribution >= 0.6 is 0 Å². The van der Waals surface area contributed by atoms with Crippen molar-refractivity contribution in [2.24, 2.45) is 0 Å². The highest BCUT2D eigenvalue weighted by Crippen LogP contribution is 2.26. The number of fused-ring (bicyclic) bond motifs is 1. The highest BCUT2D eigenvalue weighted by Gasteiger charge is 2.35. The van der Waals surface area contributed by atoms with E-state index in [0.29, 0.717) is 6.67 Å². The molecule has 2 aromatic rings. The van der Waals surface area contributed by atoms with E-state index in [0.717, 1.165) is 30.4 Å². The van der Waals surface area contributed by atoms with E-state index in [9.17, 15) is 4.79 Å². The molecule has 6 nitrogen and oxygen atoms in total. The lowest BCUT2D eigenvalue weighted by Gasteiger charge is -2.27. The summed E-state index contributed by atoms with van der Waals surface area (Å²) in [4.78, 5) is 13.6. The van der Waals surface area contributed by atoms with Crippen molar-refractivity contribution >= 4 is 17.0 Å². The van der Waals surface area contributed by atoms with Gasteiger partial charge in [-0.25, -0.2) is 9.48 Å². The average Bonchev–Trinajstić information content (AvgIpc) is 3.20. The predicted octanol–water partition coefficient (Wildman–Crippen LogP) is 1.33. The summed E-state index contributed by atoms with van der Waals surface area (Å²) in [6.45, 7) is 1.66. The molecule has 1 aromatic carbocycles. The molecule has 0 unspecified atom stereocenters. The van der Waals surface area contributed by atoms with Gasteiger partial charge in [-0.05, 0) is 31.1 Å². The molecule has 0 bridgehead atoms. The van der Waals surface area contributed by atoms with Crippen molar-refractivity contribution in [2.45, 2.75) is 31.7 Å². The van der Waals surface area contributed by atoms with Crippen LogP contribution < -0.4 is 0 Å². The van der Waals surface area contributed by atoms with Crippen molar-refractivity contribution in [3.63, 3.8) is 0 Å². The maximum atomic E-state index is 11.3. The van der Waals surface area contributed by atoms with Crippen molar-refractivity contribution in [3.05, 3.63) is 36.4 Å². The lowest BCUT2D eigenvalue weighted by atomic mass is 10.1. The van der Waals surface area contributed by atoms with Crippen LogP contribution in [0.25, 0.3) is 11.0 Å². The van der Waals surface area contributed by atoms with Crippen LogP contribution in [0.3, 0.4) is 0 Å². The van der Waals surface area contributed by atoms with Gasteiger partial charge in [0, 0.05) is 12.6 Å². The summed E-state index contributed by atoms with van der Waals surface area (Å²) in [6, 6.07) is 8.17. The minimum absolute atomic E-state index is 0.130. The second-order valence-electron chi connectivity index (χ2n) is 5.50. The zero-order valence-electron chi connectivity index (χ0n) is 11.6. The number of para-hydroxylation sites is 1. The smallest absolute Gasteiger partial charge is 0.331 e. The lowest BCUT2D eigenvalue weighted by molar-refractivity contribution is -0.140. The van der Waals surface area contributed by atoms with Gasteiger partial charge in [-0.2, -0.15) is 0 Å². The fourth-order valence-electron chi connectivity index (χ4n) is 3.19. The monoisotopic (exact) mass is 284 g/mol. The lowest BCUT2D eigenvalue weighted by Crippen LogP contribution is -2.40. The van der Waals surface area contributed by atoms with Crippen LogP contribution in [0.4, 0.5) is 0 Å². The van der Waals surface area contributed by atoms with Gasteiger partial charge in [0.1, 0.15) is 11.6 Å². The van der Waals surface area contributed by atoms with Crippen LogP contribution in [0.15, 0.2) is 36.4 Å². The minimum Gasteiger partial charge on any atom is -0.453 e. The highest BCUT2D eigenvalue weighted by molar-refractivity contribution is 5.84. The third kappa shape index (κ3) is 2.21. The quantitative estimate of drug-likeness (QED) is 0.796. The molecule has 108 valence electrons. The Kier molecular flexibility index (Phi) is 2.96. The first kappa shape index (κ1) is 12.5. The van der Waals surface area contributed by atoms with E-state index in [1.165, 1.54) is 6.08 Å². The molecule has 0 saturated carbocycles. The number of carbonyl (C=O) groups excluding carboxylic acids is 1. The van der Waals surface area contributed by atoms with E-state index in [1.807, 2.05) is 35.0 Å². The molecular weight excluding hydrogens is 268 g/mol. The van der Waals surface area contributed by atoms with Gasteiger partial charge in [0.2, 0.25) is 0 Å². The van der Waals surface area contributed by atoms with Gasteiger partial charge in [-0.15, -0.1) is 5.10 Å². The Morgan fingerprint density at radius 1 is 1.33 bits per heavy atom. The number of aromatic nitrogens is 3. The third-order valence-electron chi connectivity index (χ3n) is 4.20. The van der Waals surface area contributed by atoms with E-state index < -0.39 is 0 Å². The number of carbonyl (C=O) groups is 1. The van der Waals surface area contributed by atoms with E-state index in [1.54, 1.807) is 0 Å². The number of nitrogens with zero attached hydrogens (tertiary/aromatic N) is 4. The Labute approximate surface area is 122 Å². The maximum Gasteiger partial charge on any atom is 0.331 e. The van der Waals surface area contributed by atoms with Crippen molar-refractivity contribution in [1.29, 1.82) is 0 Å². The summed E-state index contributed by atoms with van der Waals surface area (Å²) >= 11 is 0. The minimum atomic E-state index is -0.238. The van der Waals surface area contributed by atoms with Crippen LogP contribution in [0, 0.1) is 0 Å². The van der Waals surface area contributed by atoms with E-state index in [2.05, 4.69) is 15.2 Å². The predicted molar refractivity (Wildman–Crippen MR) is 76.3 cm³/mol. The number of benzene rings is 1. The molecular formula is C15H16N4O2. The van der Waals surface area contributed by atoms with E-state index in [4.69, 9.17) is 4.74 Å². The van der Waals surface area contributed by atoms with Gasteiger partial charge >= 0.3 is 5.97 Å². The molecule has 1 fully saturated rings. The van der Waals surface area contributed by atoms with Crippen molar-refractivity contribution in [3.8, 4) is 0 Å². The zero-order chi connectivity index (χ0) is 14.2. The number of cyclic esters (lactones) is 1. The summed E-state index contributed by atoms with van der Waals surface area (Å²) in [5.41, 5.74) is 1.93. The standard InChI is InChI=1S/C15H16N4O2/c20-15-8-7-14(21-15)13-6-3-9-18(13)10-19-12-5-2-1-4-11(12)16-17-19/h1-2,4-5,7-8,13-14H,3,6,9-10H2/t13-,14-/m1/s1. The highest BCUT2D eigenvalue weighted by atomic mass is 16.5. The second kappa shape index (κ2) is 4.96. The fraction of sp³-hybridized carbons (Fsp3) is 0.400. The molecule has 3 heterocycles. The first-order valence-electron chi connectivity index (χ1n) is 7.22. The molecule has 6 heteroatoms. The summed E-state index contributed by atoms with van der Waals surface area (Å²) in [5.74, 6) is -0.238. The summed E-state index contributed by atoms with van der Waals surface area (Å²) < 4.78 is 7.26. The molecule has 0 aliphatic carbocycles. The van der Waals surface area contributed by atoms with Gasteiger partial charge in [-0.3, -0.25) is 4.90 Å². The normalized spacial score (nSPS) is 25.8. The number of hydrogen-bond donors (Lipinski definition) is 0. The fourth-order valence-corrected chi connectivity index (χ4v) is 3.19. The van der Waals surface area contributed by atoms with Crippen molar-refractivity contribution < 1.29 is 9.53 Å². The maximum absolute atomic E-state index is 11.3. The van der Waals surface area contributed by atoms with Gasteiger partial charge < -0.3 is 4.74 Å². The molecule has 0 N–H and O–H groups in total. The Balaban J connectivity index is 1.56. The Morgan fingerprint density at radius 3 is 3.10 bits per heavy atom. The molecule has 2 aliphatic heterocycles. The SMILES string of the molecule is O=C1C=C[C@H]([C@H]2CCCN2Cn2nnc3ccccc32)O1. The van der Waals surface area contributed by atoms with Crippen LogP contribution in [0.2, 0.25) is 0 Å². The number of rotatable bonds is 3. The van der Waals surface area contributed by atoms with Gasteiger partial charge in [-0.1, -0.05) is 17.3 Å². The number of likely N-dealkylation sites (tertiary alicyclic amines) is 1. The van der Waals surface area contributed by atoms with Gasteiger partial charge in [0.25, 0.3) is 0 Å². The van der Waals surface area contributed by atoms with Crippen molar-refractivity contribution in [1.82, 2.24) is 19.9 Å². The molecule has 2 atom stereocenters. The summed E-state index contributed by atoms with van der Waals surface area (Å²) in [5, 5.41) is 8.42. The zero-order valence-corrected chi connectivity index (χ0v) is 11.6. The van der Waals surface area contributed by atoms with Crippen LogP contribution in [-0.2, 0) is 16.2 Å². The first-order chi connectivity index (χ1) is 10.3. The molecule has 4 rings (SSSR count). The Bertz CT molecular complexity index is 709. The molecule has 0 amide bonds. The summed E-state index contributed by atoms with van der Waals surface area (Å²) in [7, 11) is 0. The Morgan fingerprint density at radius 2 is 2.24 bits per heavy atom. The average molecular weight is 284 g/mol. The molecule has 0 radical (unpaired) electrons. The van der Waals surface area contributed by atoms with Crippen LogP contribution in [0.1, 0.15) is 12.8 Å². The van der Waals surface area contributed by atoms with Crippen LogP contribution in [0.5, 0.6) is 0 Å². The summed E-state index contributed by atoms with van der Waals surface area (Å²) in [6.07, 6.45) is 5.40. The van der Waals surface area contributed by atoms with E-state index in [-0.39, 0.29) is 18.1 Å². The first-order valence-corrected chi connectivity index (χ1v) is 7.22. The van der Waals surface area contributed by atoms with Crippen LogP contribution in [-0.4, -0.2) is 44.6 Å². The van der Waals surface area contributed by atoms with E-state index >= 15 is 0 Å². The third-order valence-corrected chi connectivity index (χ3v) is 4.20. The molecule has 21 heavy (non-hydrogen) atoms. The topological polar surface area (TPSA) is 60.2 Å². The largest absolute Gasteiger partial charge is 0.453 e. The van der Waals surface area contributed by atoms with Crippen molar-refractivity contribution in [2.75, 3.05) is 6.54 Å². The number of esters is 1. The number of ether oxygens (including phenoxy) is 1. The second-order valence-corrected chi connectivity index (χ2v) is 5.50. The van der Waals surface area contributed by atoms with Gasteiger partial charge in [0.05, 0.1) is 18.2 Å². The Hall–Kier alpha value is -2.21. The molecule has 1 aromatic heterocycles. The number of hydrogen-bond acceptors (Lipinski definition) is 5. The molecule has 2 aliphatic rings. The molecule has 1 saturated heterocycles. The van der Waals surface area contributed by atoms with Gasteiger partial charge in [0.15, 0.2) is 0 Å². The molecule has 0 spiro atoms.